The summed E-state index contributed by atoms with van der Waals surface area (Å²) < 4.78 is 3.98. The molecule has 7 nitrogen and oxygen atoms in total. The topological polar surface area (TPSA) is 77.6 Å². The molecule has 0 unspecified atom stereocenters. The fraction of sp³-hybridized carbons (Fsp3) is 0.250. The van der Waals surface area contributed by atoms with Gasteiger partial charge in [0, 0.05) is 30.3 Å². The summed E-state index contributed by atoms with van der Waals surface area (Å²) in [5.74, 6) is 1.62. The molecule has 4 rings (SSSR count). The number of thioether (sulfide) groups is 1. The van der Waals surface area contributed by atoms with Gasteiger partial charge in [-0.2, -0.15) is 0 Å². The highest BCUT2D eigenvalue weighted by Crippen LogP contribution is 2.22. The molecule has 0 radical (unpaired) electrons. The van der Waals surface area contributed by atoms with E-state index in [1.54, 1.807) is 12.5 Å². The number of amides is 1. The van der Waals surface area contributed by atoms with E-state index in [0.29, 0.717) is 11.1 Å². The second-order valence-corrected chi connectivity index (χ2v) is 8.81. The molecule has 2 aromatic carbocycles. The number of hydrogen-bond acceptors (Lipinski definition) is 5. The lowest BCUT2D eigenvalue weighted by atomic mass is 10.0. The van der Waals surface area contributed by atoms with E-state index in [-0.39, 0.29) is 11.7 Å². The number of aromatic nitrogens is 5. The van der Waals surface area contributed by atoms with Crippen molar-refractivity contribution in [2.45, 2.75) is 38.4 Å². The van der Waals surface area contributed by atoms with E-state index in [0.717, 1.165) is 29.3 Å². The van der Waals surface area contributed by atoms with E-state index >= 15 is 0 Å². The van der Waals surface area contributed by atoms with Gasteiger partial charge >= 0.3 is 0 Å². The van der Waals surface area contributed by atoms with Crippen molar-refractivity contribution in [2.75, 3.05) is 11.1 Å². The average molecular weight is 447 g/mol. The lowest BCUT2D eigenvalue weighted by molar-refractivity contribution is -0.113. The zero-order valence-corrected chi connectivity index (χ0v) is 19.2. The largest absolute Gasteiger partial charge is 0.331 e. The summed E-state index contributed by atoms with van der Waals surface area (Å²) in [7, 11) is 0. The number of nitrogens with zero attached hydrogens (tertiary/aromatic N) is 5. The van der Waals surface area contributed by atoms with E-state index in [4.69, 9.17) is 0 Å². The minimum atomic E-state index is -0.0853. The molecule has 0 saturated carbocycles. The number of carbonyl (C=O) groups excluding carboxylic acids is 1. The number of imidazole rings is 1. The van der Waals surface area contributed by atoms with E-state index in [9.17, 15) is 4.79 Å². The molecule has 0 aliphatic heterocycles. The van der Waals surface area contributed by atoms with Crippen molar-refractivity contribution in [1.29, 1.82) is 0 Å². The molecule has 0 spiro atoms. The summed E-state index contributed by atoms with van der Waals surface area (Å²) in [6.07, 6.45) is 5.42. The van der Waals surface area contributed by atoms with Crippen LogP contribution in [-0.2, 0) is 11.3 Å². The zero-order chi connectivity index (χ0) is 22.5. The maximum Gasteiger partial charge on any atom is 0.234 e. The maximum atomic E-state index is 12.5. The number of anilines is 1. The first-order valence-corrected chi connectivity index (χ1v) is 11.5. The van der Waals surface area contributed by atoms with Crippen LogP contribution in [0.25, 0.3) is 5.69 Å². The van der Waals surface area contributed by atoms with Crippen LogP contribution in [0.15, 0.2) is 72.4 Å². The summed E-state index contributed by atoms with van der Waals surface area (Å²) in [6.45, 7) is 7.07. The van der Waals surface area contributed by atoms with Crippen molar-refractivity contribution >= 4 is 23.4 Å². The molecule has 1 amide bonds. The van der Waals surface area contributed by atoms with Crippen LogP contribution in [0.2, 0.25) is 0 Å². The molecule has 0 saturated heterocycles. The minimum absolute atomic E-state index is 0.0853. The van der Waals surface area contributed by atoms with Crippen LogP contribution in [0.1, 0.15) is 36.7 Å². The molecular weight excluding hydrogens is 420 g/mol. The molecule has 0 atom stereocenters. The Labute approximate surface area is 191 Å². The van der Waals surface area contributed by atoms with Crippen LogP contribution < -0.4 is 5.32 Å². The number of nitrogens with one attached hydrogen (secondary N) is 1. The lowest BCUT2D eigenvalue weighted by Gasteiger charge is -2.10. The summed E-state index contributed by atoms with van der Waals surface area (Å²) in [5, 5.41) is 11.8. The quantitative estimate of drug-likeness (QED) is 0.398. The number of benzene rings is 2. The Bertz CT molecular complexity index is 1180. The fourth-order valence-corrected chi connectivity index (χ4v) is 4.04. The van der Waals surface area contributed by atoms with Gasteiger partial charge in [-0.05, 0) is 48.2 Å². The first-order chi connectivity index (χ1) is 15.5. The molecule has 1 N–H and O–H groups in total. The predicted octanol–water partition coefficient (Wildman–Crippen LogP) is 4.67. The Morgan fingerprint density at radius 1 is 1.09 bits per heavy atom. The highest BCUT2D eigenvalue weighted by atomic mass is 32.2. The average Bonchev–Trinajstić information content (AvgIpc) is 3.43. The summed E-state index contributed by atoms with van der Waals surface area (Å²) in [4.78, 5) is 16.7. The Kier molecular flexibility index (Phi) is 6.70. The molecule has 0 fully saturated rings. The summed E-state index contributed by atoms with van der Waals surface area (Å²) in [6, 6.07) is 16.2. The van der Waals surface area contributed by atoms with Gasteiger partial charge in [0.2, 0.25) is 5.91 Å². The second kappa shape index (κ2) is 9.82. The van der Waals surface area contributed by atoms with Gasteiger partial charge in [-0.25, -0.2) is 4.98 Å². The van der Waals surface area contributed by atoms with Crippen molar-refractivity contribution in [2.24, 2.45) is 0 Å². The third-order valence-corrected chi connectivity index (χ3v) is 6.14. The first kappa shape index (κ1) is 21.8. The van der Waals surface area contributed by atoms with Crippen molar-refractivity contribution in [3.8, 4) is 5.69 Å². The predicted molar refractivity (Wildman–Crippen MR) is 127 cm³/mol. The van der Waals surface area contributed by atoms with Gasteiger partial charge in [-0.3, -0.25) is 9.36 Å². The van der Waals surface area contributed by atoms with Gasteiger partial charge < -0.3 is 9.88 Å². The highest BCUT2D eigenvalue weighted by molar-refractivity contribution is 7.99. The van der Waals surface area contributed by atoms with E-state index < -0.39 is 0 Å². The van der Waals surface area contributed by atoms with Crippen LogP contribution in [0, 0.1) is 6.92 Å². The SMILES string of the molecule is Cc1nccn1Cc1ccc(NC(=O)CSc2nncn2-c2ccc(C(C)C)cc2)cc1. The smallest absolute Gasteiger partial charge is 0.234 e. The Morgan fingerprint density at radius 2 is 1.84 bits per heavy atom. The Hall–Kier alpha value is -3.39. The summed E-state index contributed by atoms with van der Waals surface area (Å²) >= 11 is 1.36. The van der Waals surface area contributed by atoms with E-state index in [2.05, 4.69) is 63.2 Å². The molecule has 4 aromatic rings. The van der Waals surface area contributed by atoms with E-state index in [1.165, 1.54) is 17.3 Å². The van der Waals surface area contributed by atoms with Crippen molar-refractivity contribution in [3.63, 3.8) is 0 Å². The zero-order valence-electron chi connectivity index (χ0n) is 18.4. The van der Waals surface area contributed by atoms with Crippen LogP contribution in [0.3, 0.4) is 0 Å². The lowest BCUT2D eigenvalue weighted by Crippen LogP contribution is -2.14. The van der Waals surface area contributed by atoms with Gasteiger partial charge in [-0.1, -0.05) is 49.9 Å². The number of hydrogen-bond donors (Lipinski definition) is 1. The van der Waals surface area contributed by atoms with Crippen LogP contribution in [0.5, 0.6) is 0 Å². The molecule has 0 aliphatic carbocycles. The highest BCUT2D eigenvalue weighted by Gasteiger charge is 2.11. The van der Waals surface area contributed by atoms with Gasteiger partial charge in [0.25, 0.3) is 0 Å². The monoisotopic (exact) mass is 446 g/mol. The van der Waals surface area contributed by atoms with Crippen LogP contribution in [-0.4, -0.2) is 36.0 Å². The fourth-order valence-electron chi connectivity index (χ4n) is 3.31. The Morgan fingerprint density at radius 3 is 2.50 bits per heavy atom. The van der Waals surface area contributed by atoms with Crippen molar-refractivity contribution in [1.82, 2.24) is 24.3 Å². The summed E-state index contributed by atoms with van der Waals surface area (Å²) in [5.41, 5.74) is 4.18. The number of rotatable bonds is 8. The Balaban J connectivity index is 1.33. The molecule has 32 heavy (non-hydrogen) atoms. The van der Waals surface area contributed by atoms with Gasteiger partial charge in [0.1, 0.15) is 12.2 Å². The maximum absolute atomic E-state index is 12.5. The van der Waals surface area contributed by atoms with Gasteiger partial charge in [0.05, 0.1) is 5.75 Å². The van der Waals surface area contributed by atoms with Crippen molar-refractivity contribution in [3.05, 3.63) is 84.2 Å². The molecule has 2 heterocycles. The third kappa shape index (κ3) is 5.26. The van der Waals surface area contributed by atoms with Crippen LogP contribution in [0.4, 0.5) is 5.69 Å². The normalized spacial score (nSPS) is 11.1. The van der Waals surface area contributed by atoms with Gasteiger partial charge in [0.15, 0.2) is 5.16 Å². The molecular formula is C24H26N6OS. The second-order valence-electron chi connectivity index (χ2n) is 7.87. The molecule has 8 heteroatoms. The number of carbonyl (C=O) groups is 1. The molecule has 164 valence electrons. The van der Waals surface area contributed by atoms with Gasteiger partial charge in [-0.15, -0.1) is 10.2 Å². The number of aryl methyl sites for hydroxylation is 1. The molecule has 2 aromatic heterocycles. The third-order valence-electron chi connectivity index (χ3n) is 5.20. The standard InChI is InChI=1S/C24H26N6OS/c1-17(2)20-6-10-22(11-7-20)30-16-26-28-24(30)32-15-23(31)27-21-8-4-19(5-9-21)14-29-13-12-25-18(29)3/h4-13,16-17H,14-15H2,1-3H3,(H,27,31). The van der Waals surface area contributed by atoms with E-state index in [1.807, 2.05) is 42.0 Å². The molecule has 0 aliphatic rings. The first-order valence-electron chi connectivity index (χ1n) is 10.5. The van der Waals surface area contributed by atoms with Crippen molar-refractivity contribution < 1.29 is 4.79 Å². The minimum Gasteiger partial charge on any atom is -0.331 e. The molecule has 0 bridgehead atoms. The van der Waals surface area contributed by atoms with Crippen LogP contribution >= 0.6 is 11.8 Å².